The number of hydrogen-bond acceptors (Lipinski definition) is 6. The Kier molecular flexibility index (Phi) is 4.41. The number of nitrogens with one attached hydrogen (secondary N) is 1. The number of amides is 1. The molecule has 0 aromatic carbocycles. The number of aromatic hydroxyl groups is 1. The molecular formula is C18H24N4O3. The molecule has 2 N–H and O–H groups in total. The van der Waals surface area contributed by atoms with E-state index in [0.717, 1.165) is 17.6 Å². The van der Waals surface area contributed by atoms with E-state index in [9.17, 15) is 9.90 Å². The summed E-state index contributed by atoms with van der Waals surface area (Å²) in [4.78, 5) is 22.5. The number of aromatic nitrogens is 2. The van der Waals surface area contributed by atoms with Gasteiger partial charge < -0.3 is 20.1 Å². The Bertz CT molecular complexity index is 787. The minimum absolute atomic E-state index is 0.0171. The van der Waals surface area contributed by atoms with Crippen molar-refractivity contribution in [2.24, 2.45) is 5.92 Å². The van der Waals surface area contributed by atoms with Gasteiger partial charge in [-0.2, -0.15) is 4.98 Å². The fraction of sp³-hybridized carbons (Fsp3) is 0.500. The monoisotopic (exact) mass is 344 g/mol. The second-order valence-corrected chi connectivity index (χ2v) is 7.54. The molecule has 0 radical (unpaired) electrons. The number of rotatable bonds is 2. The van der Waals surface area contributed by atoms with E-state index in [1.807, 2.05) is 26.8 Å². The van der Waals surface area contributed by atoms with Gasteiger partial charge >= 0.3 is 6.09 Å². The van der Waals surface area contributed by atoms with E-state index in [-0.39, 0.29) is 18.0 Å². The molecule has 1 fully saturated rings. The number of fused-ring (bicyclic) bond motifs is 1. The Morgan fingerprint density at radius 2 is 2.12 bits per heavy atom. The van der Waals surface area contributed by atoms with Crippen molar-refractivity contribution in [1.29, 1.82) is 0 Å². The molecule has 0 unspecified atom stereocenters. The summed E-state index contributed by atoms with van der Waals surface area (Å²) in [6.07, 6.45) is 1.36. The van der Waals surface area contributed by atoms with E-state index in [4.69, 9.17) is 4.74 Å². The Balaban J connectivity index is 1.70. The lowest BCUT2D eigenvalue weighted by Gasteiger charge is -2.23. The number of nitrogens with zero attached hydrogens (tertiary/aromatic N) is 3. The van der Waals surface area contributed by atoms with Crippen LogP contribution in [0.4, 0.5) is 10.5 Å². The predicted octanol–water partition coefficient (Wildman–Crippen LogP) is 2.68. The Morgan fingerprint density at radius 1 is 1.36 bits per heavy atom. The maximum absolute atomic E-state index is 12.0. The van der Waals surface area contributed by atoms with Crippen LogP contribution in [0.1, 0.15) is 27.7 Å². The topological polar surface area (TPSA) is 87.6 Å². The summed E-state index contributed by atoms with van der Waals surface area (Å²) in [5.41, 5.74) is 0.978. The molecule has 3 heterocycles. The van der Waals surface area contributed by atoms with Crippen LogP contribution in [0.3, 0.4) is 0 Å². The van der Waals surface area contributed by atoms with Gasteiger partial charge in [0, 0.05) is 24.5 Å². The van der Waals surface area contributed by atoms with Gasteiger partial charge in [-0.1, -0.05) is 6.92 Å². The van der Waals surface area contributed by atoms with Crippen molar-refractivity contribution in [1.82, 2.24) is 15.3 Å². The van der Waals surface area contributed by atoms with Crippen LogP contribution in [0.25, 0.3) is 11.0 Å². The molecule has 3 rings (SSSR count). The molecule has 0 aliphatic carbocycles. The fourth-order valence-electron chi connectivity index (χ4n) is 2.99. The number of carbonyl (C=O) groups is 1. The zero-order chi connectivity index (χ0) is 18.2. The maximum atomic E-state index is 12.0. The molecule has 1 amide bonds. The van der Waals surface area contributed by atoms with Crippen LogP contribution in [0.5, 0.6) is 5.88 Å². The second-order valence-electron chi connectivity index (χ2n) is 7.54. The molecule has 0 bridgehead atoms. The van der Waals surface area contributed by atoms with Crippen LogP contribution in [-0.2, 0) is 4.74 Å². The van der Waals surface area contributed by atoms with Crippen LogP contribution >= 0.6 is 0 Å². The molecule has 2 aromatic rings. The largest absolute Gasteiger partial charge is 0.493 e. The van der Waals surface area contributed by atoms with Gasteiger partial charge in [-0.15, -0.1) is 0 Å². The number of ether oxygens (including phenoxy) is 1. The highest BCUT2D eigenvalue weighted by Crippen LogP contribution is 2.26. The van der Waals surface area contributed by atoms with E-state index in [1.54, 1.807) is 18.3 Å². The first-order valence-electron chi connectivity index (χ1n) is 8.41. The van der Waals surface area contributed by atoms with Gasteiger partial charge in [0.25, 0.3) is 0 Å². The van der Waals surface area contributed by atoms with Crippen molar-refractivity contribution in [3.8, 4) is 5.88 Å². The van der Waals surface area contributed by atoms with Gasteiger partial charge in [-0.25, -0.2) is 9.78 Å². The van der Waals surface area contributed by atoms with Crippen molar-refractivity contribution >= 4 is 22.8 Å². The smallest absolute Gasteiger partial charge is 0.407 e. The van der Waals surface area contributed by atoms with Gasteiger partial charge in [0.1, 0.15) is 5.60 Å². The van der Waals surface area contributed by atoms with E-state index < -0.39 is 5.60 Å². The highest BCUT2D eigenvalue weighted by Gasteiger charge is 2.32. The van der Waals surface area contributed by atoms with E-state index >= 15 is 0 Å². The summed E-state index contributed by atoms with van der Waals surface area (Å²) in [7, 11) is 0. The molecule has 2 aromatic heterocycles. The quantitative estimate of drug-likeness (QED) is 0.871. The molecule has 7 heteroatoms. The Labute approximate surface area is 147 Å². The first-order valence-corrected chi connectivity index (χ1v) is 8.41. The minimum Gasteiger partial charge on any atom is -0.493 e. The van der Waals surface area contributed by atoms with Crippen molar-refractivity contribution < 1.29 is 14.6 Å². The zero-order valence-corrected chi connectivity index (χ0v) is 15.0. The van der Waals surface area contributed by atoms with Crippen molar-refractivity contribution in [2.45, 2.75) is 39.3 Å². The Hall–Kier alpha value is -2.57. The second kappa shape index (κ2) is 6.38. The zero-order valence-electron chi connectivity index (χ0n) is 15.0. The molecule has 7 nitrogen and oxygen atoms in total. The first-order chi connectivity index (χ1) is 11.7. The lowest BCUT2D eigenvalue weighted by Crippen LogP contribution is -2.42. The van der Waals surface area contributed by atoms with Gasteiger partial charge in [0.2, 0.25) is 5.88 Å². The fourth-order valence-corrected chi connectivity index (χ4v) is 2.99. The number of carbonyl (C=O) groups excluding carboxylic acids is 1. The van der Waals surface area contributed by atoms with Crippen LogP contribution in [0.15, 0.2) is 24.4 Å². The van der Waals surface area contributed by atoms with Crippen LogP contribution < -0.4 is 10.2 Å². The SMILES string of the molecule is C[C@@H]1CN(c2cnc3nc(O)ccc3c2)C[C@@H]1NC(=O)OC(C)(C)C. The molecular weight excluding hydrogens is 320 g/mol. The van der Waals surface area contributed by atoms with Gasteiger partial charge in [-0.05, 0) is 38.8 Å². The molecule has 25 heavy (non-hydrogen) atoms. The van der Waals surface area contributed by atoms with Crippen molar-refractivity contribution in [2.75, 3.05) is 18.0 Å². The first kappa shape index (κ1) is 17.3. The van der Waals surface area contributed by atoms with Gasteiger partial charge in [0.05, 0.1) is 17.9 Å². The molecule has 0 saturated carbocycles. The highest BCUT2D eigenvalue weighted by molar-refractivity contribution is 5.79. The van der Waals surface area contributed by atoms with Crippen LogP contribution in [0.2, 0.25) is 0 Å². The van der Waals surface area contributed by atoms with E-state index in [0.29, 0.717) is 18.1 Å². The maximum Gasteiger partial charge on any atom is 0.407 e. The molecule has 1 aliphatic rings. The van der Waals surface area contributed by atoms with E-state index in [1.165, 1.54) is 0 Å². The average Bonchev–Trinajstić information content (AvgIpc) is 2.85. The molecule has 0 spiro atoms. The van der Waals surface area contributed by atoms with Crippen molar-refractivity contribution in [3.63, 3.8) is 0 Å². The molecule has 1 saturated heterocycles. The predicted molar refractivity (Wildman–Crippen MR) is 95.7 cm³/mol. The molecule has 1 aliphatic heterocycles. The lowest BCUT2D eigenvalue weighted by molar-refractivity contribution is 0.0499. The lowest BCUT2D eigenvalue weighted by atomic mass is 10.1. The summed E-state index contributed by atoms with van der Waals surface area (Å²) in [5, 5.41) is 13.3. The van der Waals surface area contributed by atoms with Crippen molar-refractivity contribution in [3.05, 3.63) is 24.4 Å². The summed E-state index contributed by atoms with van der Waals surface area (Å²) < 4.78 is 5.34. The third kappa shape index (κ3) is 4.10. The van der Waals surface area contributed by atoms with E-state index in [2.05, 4.69) is 27.1 Å². The number of hydrogen-bond donors (Lipinski definition) is 2. The highest BCUT2D eigenvalue weighted by atomic mass is 16.6. The van der Waals surface area contributed by atoms with Gasteiger partial charge in [0.15, 0.2) is 5.65 Å². The summed E-state index contributed by atoms with van der Waals surface area (Å²) in [5.74, 6) is 0.255. The Morgan fingerprint density at radius 3 is 2.84 bits per heavy atom. The third-order valence-corrected chi connectivity index (χ3v) is 4.19. The van der Waals surface area contributed by atoms with Crippen LogP contribution in [0, 0.1) is 5.92 Å². The molecule has 2 atom stereocenters. The van der Waals surface area contributed by atoms with Gasteiger partial charge in [-0.3, -0.25) is 0 Å². The standard InChI is InChI=1S/C18H24N4O3/c1-11-9-22(10-14(11)20-17(24)25-18(2,3)4)13-7-12-5-6-15(23)21-16(12)19-8-13/h5-8,11,14H,9-10H2,1-4H3,(H,20,24)(H,19,21,23)/t11-,14+/m1/s1. The van der Waals surface area contributed by atoms with Crippen LogP contribution in [-0.4, -0.2) is 45.9 Å². The normalized spacial score (nSPS) is 20.7. The minimum atomic E-state index is -0.508. The summed E-state index contributed by atoms with van der Waals surface area (Å²) in [6.45, 7) is 9.17. The molecule has 134 valence electrons. The summed E-state index contributed by atoms with van der Waals surface area (Å²) in [6, 6.07) is 5.36. The number of alkyl carbamates (subject to hydrolysis) is 1. The number of pyridine rings is 2. The third-order valence-electron chi connectivity index (χ3n) is 4.19. The number of anilines is 1. The average molecular weight is 344 g/mol. The summed E-state index contributed by atoms with van der Waals surface area (Å²) >= 11 is 0.